The van der Waals surface area contributed by atoms with Gasteiger partial charge in [-0.1, -0.05) is 17.7 Å². The number of hydrogen-bond donors (Lipinski definition) is 2. The van der Waals surface area contributed by atoms with Gasteiger partial charge >= 0.3 is 12.1 Å². The smallest absolute Gasteiger partial charge is 0.424 e. The first-order valence-electron chi connectivity index (χ1n) is 7.37. The van der Waals surface area contributed by atoms with E-state index in [1.165, 1.54) is 12.1 Å². The maximum atomic E-state index is 12.8. The van der Waals surface area contributed by atoms with E-state index in [4.69, 9.17) is 5.73 Å². The third kappa shape index (κ3) is 4.68. The largest absolute Gasteiger partial charge is 0.480 e. The molecule has 134 valence electrons. The number of hydrogen-bond acceptors (Lipinski definition) is 6. The van der Waals surface area contributed by atoms with Crippen LogP contribution in [0.4, 0.5) is 4.79 Å². The lowest BCUT2D eigenvalue weighted by Gasteiger charge is -2.27. The van der Waals surface area contributed by atoms with Gasteiger partial charge in [-0.25, -0.2) is 18.0 Å². The number of sulfonamides is 1. The Morgan fingerprint density at radius 2 is 1.83 bits per heavy atom. The second kappa shape index (κ2) is 8.65. The van der Waals surface area contributed by atoms with Crippen molar-refractivity contribution in [3.05, 3.63) is 29.8 Å². The zero-order valence-electron chi connectivity index (χ0n) is 13.6. The minimum absolute atomic E-state index is 0.0489. The van der Waals surface area contributed by atoms with Gasteiger partial charge in [-0.2, -0.15) is 4.31 Å². The molecule has 0 heterocycles. The number of aryl methyl sites for hydroxylation is 1. The van der Waals surface area contributed by atoms with E-state index >= 15 is 0 Å². The number of carboxylic acids is 1. The second-order valence-corrected chi connectivity index (χ2v) is 7.04. The van der Waals surface area contributed by atoms with Crippen molar-refractivity contribution in [3.63, 3.8) is 0 Å². The average molecular weight is 358 g/mol. The molecule has 0 saturated carbocycles. The van der Waals surface area contributed by atoms with Crippen molar-refractivity contribution in [2.75, 3.05) is 13.7 Å². The highest BCUT2D eigenvalue weighted by atomic mass is 32.2. The Labute approximate surface area is 141 Å². The minimum Gasteiger partial charge on any atom is -0.480 e. The maximum Gasteiger partial charge on any atom is 0.424 e. The van der Waals surface area contributed by atoms with Gasteiger partial charge in [-0.05, 0) is 44.9 Å². The zero-order valence-corrected chi connectivity index (χ0v) is 14.5. The Morgan fingerprint density at radius 3 is 2.29 bits per heavy atom. The lowest BCUT2D eigenvalue weighted by atomic mass is 10.1. The first kappa shape index (κ1) is 19.9. The third-order valence-corrected chi connectivity index (χ3v) is 5.22. The van der Waals surface area contributed by atoms with Crippen LogP contribution in [0.25, 0.3) is 0 Å². The summed E-state index contributed by atoms with van der Waals surface area (Å²) in [5, 5.41) is 9.40. The van der Waals surface area contributed by atoms with Gasteiger partial charge in [0.25, 0.3) is 10.0 Å². The molecule has 0 aromatic heterocycles. The molecule has 0 aliphatic rings. The van der Waals surface area contributed by atoms with Crippen LogP contribution in [-0.2, 0) is 19.6 Å². The van der Waals surface area contributed by atoms with Crippen LogP contribution in [0.2, 0.25) is 0 Å². The van der Waals surface area contributed by atoms with Crippen molar-refractivity contribution >= 4 is 22.1 Å². The fourth-order valence-corrected chi connectivity index (χ4v) is 3.64. The lowest BCUT2D eigenvalue weighted by molar-refractivity contribution is -0.141. The lowest BCUT2D eigenvalue weighted by Crippen LogP contribution is -2.48. The summed E-state index contributed by atoms with van der Waals surface area (Å²) >= 11 is 0. The third-order valence-electron chi connectivity index (χ3n) is 3.43. The number of carbonyl (C=O) groups excluding carboxylic acids is 1. The number of methoxy groups -OCH3 is 1. The molecular weight excluding hydrogens is 336 g/mol. The number of carboxylic acid groups (broad SMARTS) is 1. The molecule has 0 spiro atoms. The molecule has 1 aromatic carbocycles. The van der Waals surface area contributed by atoms with E-state index in [0.717, 1.165) is 12.7 Å². The Morgan fingerprint density at radius 1 is 1.25 bits per heavy atom. The van der Waals surface area contributed by atoms with Crippen LogP contribution in [0.3, 0.4) is 0 Å². The number of nitrogens with zero attached hydrogens (tertiary/aromatic N) is 1. The molecule has 1 rings (SSSR count). The van der Waals surface area contributed by atoms with Gasteiger partial charge in [0.05, 0.1) is 12.0 Å². The Bertz CT molecular complexity index is 672. The van der Waals surface area contributed by atoms with Crippen LogP contribution in [0, 0.1) is 6.92 Å². The number of carbonyl (C=O) groups is 2. The summed E-state index contributed by atoms with van der Waals surface area (Å²) in [5.74, 6) is -1.42. The number of benzene rings is 1. The number of aliphatic carboxylic acids is 1. The van der Waals surface area contributed by atoms with E-state index in [1.54, 1.807) is 19.1 Å². The van der Waals surface area contributed by atoms with Crippen molar-refractivity contribution in [3.8, 4) is 0 Å². The first-order chi connectivity index (χ1) is 11.3. The summed E-state index contributed by atoms with van der Waals surface area (Å²) in [5.41, 5.74) is 6.20. The van der Waals surface area contributed by atoms with Crippen LogP contribution in [0.15, 0.2) is 29.2 Å². The molecule has 0 saturated heterocycles. The topological polar surface area (TPSA) is 127 Å². The van der Waals surface area contributed by atoms with Gasteiger partial charge in [0.1, 0.15) is 6.04 Å². The average Bonchev–Trinajstić information content (AvgIpc) is 2.53. The van der Waals surface area contributed by atoms with Gasteiger partial charge in [-0.15, -0.1) is 0 Å². The van der Waals surface area contributed by atoms with Crippen molar-refractivity contribution in [1.29, 1.82) is 0 Å². The standard InChI is InChI=1S/C15H22N2O6S/c1-11-6-8-12(9-7-11)24(21,22)17(15(20)23-2)13(14(18)19)5-3-4-10-16/h6-9,13H,3-5,10,16H2,1-2H3,(H,18,19)/t13-/m1/s1. The van der Waals surface area contributed by atoms with Gasteiger partial charge < -0.3 is 15.6 Å². The second-order valence-electron chi connectivity index (χ2n) is 5.22. The zero-order chi connectivity index (χ0) is 18.3. The highest BCUT2D eigenvalue weighted by Crippen LogP contribution is 2.22. The number of ether oxygens (including phenoxy) is 1. The first-order valence-corrected chi connectivity index (χ1v) is 8.81. The molecule has 1 aromatic rings. The number of unbranched alkanes of at least 4 members (excludes halogenated alkanes) is 1. The van der Waals surface area contributed by atoms with Crippen LogP contribution in [0.5, 0.6) is 0 Å². The van der Waals surface area contributed by atoms with Crippen molar-refractivity contribution in [2.24, 2.45) is 5.73 Å². The molecule has 0 radical (unpaired) electrons. The maximum absolute atomic E-state index is 12.8. The molecule has 0 fully saturated rings. The van der Waals surface area contributed by atoms with Crippen LogP contribution in [0.1, 0.15) is 24.8 Å². The molecule has 9 heteroatoms. The summed E-state index contributed by atoms with van der Waals surface area (Å²) in [6.07, 6.45) is -0.406. The van der Waals surface area contributed by atoms with Gasteiger partial charge in [0.15, 0.2) is 0 Å². The molecule has 0 bridgehead atoms. The van der Waals surface area contributed by atoms with Gasteiger partial charge in [0, 0.05) is 0 Å². The van der Waals surface area contributed by atoms with Crippen LogP contribution >= 0.6 is 0 Å². The molecule has 0 aliphatic heterocycles. The quantitative estimate of drug-likeness (QED) is 0.671. The number of rotatable bonds is 8. The van der Waals surface area contributed by atoms with Crippen LogP contribution in [-0.4, -0.2) is 49.6 Å². The molecule has 3 N–H and O–H groups in total. The molecule has 24 heavy (non-hydrogen) atoms. The van der Waals surface area contributed by atoms with Crippen molar-refractivity contribution in [1.82, 2.24) is 4.31 Å². The summed E-state index contributed by atoms with van der Waals surface area (Å²) < 4.78 is 30.3. The minimum atomic E-state index is -4.36. The predicted molar refractivity (Wildman–Crippen MR) is 86.9 cm³/mol. The molecule has 1 atom stereocenters. The molecule has 0 unspecified atom stereocenters. The number of amides is 1. The Hall–Kier alpha value is -2.13. The molecule has 8 nitrogen and oxygen atoms in total. The van der Waals surface area contributed by atoms with E-state index in [2.05, 4.69) is 4.74 Å². The molecule has 1 amide bonds. The summed E-state index contributed by atoms with van der Waals surface area (Å²) in [4.78, 5) is 23.4. The highest BCUT2D eigenvalue weighted by molar-refractivity contribution is 7.89. The van der Waals surface area contributed by atoms with E-state index in [9.17, 15) is 23.1 Å². The summed E-state index contributed by atoms with van der Waals surface area (Å²) in [6.45, 7) is 2.12. The van der Waals surface area contributed by atoms with E-state index in [0.29, 0.717) is 19.4 Å². The van der Waals surface area contributed by atoms with E-state index in [1.807, 2.05) is 0 Å². The highest BCUT2D eigenvalue weighted by Gasteiger charge is 2.40. The van der Waals surface area contributed by atoms with Gasteiger partial charge in [0.2, 0.25) is 0 Å². The SMILES string of the molecule is COC(=O)N([C@H](CCCCN)C(=O)O)S(=O)(=O)c1ccc(C)cc1. The van der Waals surface area contributed by atoms with Crippen LogP contribution < -0.4 is 5.73 Å². The summed E-state index contributed by atoms with van der Waals surface area (Å²) in [7, 11) is -3.37. The Balaban J connectivity index is 3.29. The van der Waals surface area contributed by atoms with Crippen molar-refractivity contribution < 1.29 is 27.9 Å². The predicted octanol–water partition coefficient (Wildman–Crippen LogP) is 1.33. The van der Waals surface area contributed by atoms with E-state index < -0.39 is 28.1 Å². The Kier molecular flexibility index (Phi) is 7.18. The summed E-state index contributed by atoms with van der Waals surface area (Å²) in [6, 6.07) is 4.20. The number of nitrogens with two attached hydrogens (primary N) is 1. The van der Waals surface area contributed by atoms with E-state index in [-0.39, 0.29) is 15.6 Å². The normalized spacial score (nSPS) is 12.5. The fraction of sp³-hybridized carbons (Fsp3) is 0.467. The monoisotopic (exact) mass is 358 g/mol. The fourth-order valence-electron chi connectivity index (χ4n) is 2.13. The van der Waals surface area contributed by atoms with Crippen molar-refractivity contribution in [2.45, 2.75) is 37.1 Å². The molecule has 0 aliphatic carbocycles. The molecular formula is C15H22N2O6S. The van der Waals surface area contributed by atoms with Gasteiger partial charge in [-0.3, -0.25) is 0 Å².